The SMILES string of the molecule is O=C([C@H]1C[C@@H]1c1ccccc1Cl)N1CCc2[nH]c3ccccc3c2C1. The van der Waals surface area contributed by atoms with Crippen LogP contribution in [-0.2, 0) is 17.8 Å². The van der Waals surface area contributed by atoms with Crippen LogP contribution in [0.15, 0.2) is 48.5 Å². The Bertz CT molecular complexity index is 977. The first kappa shape index (κ1) is 15.0. The van der Waals surface area contributed by atoms with Gasteiger partial charge >= 0.3 is 0 Å². The maximum absolute atomic E-state index is 13.0. The fourth-order valence-electron chi connectivity index (χ4n) is 4.18. The van der Waals surface area contributed by atoms with Gasteiger partial charge in [-0.05, 0) is 30.0 Å². The Hall–Kier alpha value is -2.26. The minimum Gasteiger partial charge on any atom is -0.358 e. The standard InChI is InChI=1S/C21H19ClN2O/c22-18-7-3-1-5-13(18)15-11-16(15)21(25)24-10-9-20-17(12-24)14-6-2-4-8-19(14)23-20/h1-8,15-16,23H,9-12H2/t15-,16+/m1/s1. The number of benzene rings is 2. The molecular formula is C21H19ClN2O. The number of H-pyrrole nitrogens is 1. The van der Waals surface area contributed by atoms with Crippen molar-refractivity contribution in [3.8, 4) is 0 Å². The second-order valence-corrected chi connectivity index (χ2v) is 7.51. The van der Waals surface area contributed by atoms with E-state index >= 15 is 0 Å². The van der Waals surface area contributed by atoms with E-state index in [-0.39, 0.29) is 17.7 Å². The highest BCUT2D eigenvalue weighted by Gasteiger charge is 2.46. The summed E-state index contributed by atoms with van der Waals surface area (Å²) in [5.74, 6) is 0.651. The predicted molar refractivity (Wildman–Crippen MR) is 99.7 cm³/mol. The van der Waals surface area contributed by atoms with Crippen molar-refractivity contribution >= 4 is 28.4 Å². The van der Waals surface area contributed by atoms with Gasteiger partial charge in [-0.1, -0.05) is 48.0 Å². The molecule has 1 N–H and O–H groups in total. The summed E-state index contributed by atoms with van der Waals surface area (Å²) in [7, 11) is 0. The Labute approximate surface area is 151 Å². The summed E-state index contributed by atoms with van der Waals surface area (Å²) < 4.78 is 0. The molecule has 0 spiro atoms. The fraction of sp³-hybridized carbons (Fsp3) is 0.286. The van der Waals surface area contributed by atoms with Crippen molar-refractivity contribution in [1.29, 1.82) is 0 Å². The van der Waals surface area contributed by atoms with Gasteiger partial charge in [0.2, 0.25) is 5.91 Å². The van der Waals surface area contributed by atoms with E-state index in [1.54, 1.807) is 0 Å². The van der Waals surface area contributed by atoms with E-state index in [1.165, 1.54) is 22.2 Å². The Morgan fingerprint density at radius 3 is 2.80 bits per heavy atom. The minimum absolute atomic E-state index is 0.0895. The summed E-state index contributed by atoms with van der Waals surface area (Å²) in [4.78, 5) is 18.5. The summed E-state index contributed by atoms with van der Waals surface area (Å²) in [6.07, 6.45) is 1.82. The molecule has 2 heterocycles. The van der Waals surface area contributed by atoms with Crippen LogP contribution in [0.4, 0.5) is 0 Å². The number of fused-ring (bicyclic) bond motifs is 3. The third kappa shape index (κ3) is 2.46. The van der Waals surface area contributed by atoms with Gasteiger partial charge in [0.05, 0.1) is 0 Å². The van der Waals surface area contributed by atoms with Crippen molar-refractivity contribution in [2.24, 2.45) is 5.92 Å². The van der Waals surface area contributed by atoms with E-state index in [1.807, 2.05) is 35.2 Å². The van der Waals surface area contributed by atoms with Crippen LogP contribution in [0, 0.1) is 5.92 Å². The van der Waals surface area contributed by atoms with Crippen molar-refractivity contribution in [2.75, 3.05) is 6.54 Å². The smallest absolute Gasteiger partial charge is 0.226 e. The summed E-state index contributed by atoms with van der Waals surface area (Å²) in [5, 5.41) is 2.02. The van der Waals surface area contributed by atoms with E-state index in [0.717, 1.165) is 30.0 Å². The predicted octanol–water partition coefficient (Wildman–Crippen LogP) is 4.51. The number of amides is 1. The van der Waals surface area contributed by atoms with Crippen LogP contribution in [-0.4, -0.2) is 22.3 Å². The quantitative estimate of drug-likeness (QED) is 0.725. The molecular weight excluding hydrogens is 332 g/mol. The van der Waals surface area contributed by atoms with Crippen LogP contribution in [0.1, 0.15) is 29.2 Å². The maximum Gasteiger partial charge on any atom is 0.226 e. The van der Waals surface area contributed by atoms with E-state index in [4.69, 9.17) is 11.6 Å². The first-order chi connectivity index (χ1) is 12.2. The molecule has 1 aliphatic carbocycles. The molecule has 5 rings (SSSR count). The summed E-state index contributed by atoms with van der Waals surface area (Å²) in [6, 6.07) is 16.3. The molecule has 0 saturated heterocycles. The molecule has 2 aliphatic rings. The molecule has 0 unspecified atom stereocenters. The highest BCUT2D eigenvalue weighted by Crippen LogP contribution is 2.50. The number of rotatable bonds is 2. The van der Waals surface area contributed by atoms with Gasteiger partial charge in [0, 0.05) is 52.6 Å². The molecule has 126 valence electrons. The average Bonchev–Trinajstić information content (AvgIpc) is 3.34. The third-order valence-electron chi connectivity index (χ3n) is 5.61. The summed E-state index contributed by atoms with van der Waals surface area (Å²) in [6.45, 7) is 1.51. The minimum atomic E-state index is 0.0895. The zero-order chi connectivity index (χ0) is 17.0. The average molecular weight is 351 g/mol. The first-order valence-corrected chi connectivity index (χ1v) is 9.22. The van der Waals surface area contributed by atoms with Crippen molar-refractivity contribution < 1.29 is 4.79 Å². The lowest BCUT2D eigenvalue weighted by atomic mass is 10.0. The highest BCUT2D eigenvalue weighted by molar-refractivity contribution is 6.31. The van der Waals surface area contributed by atoms with E-state index in [9.17, 15) is 4.79 Å². The normalized spacial score (nSPS) is 22.0. The lowest BCUT2D eigenvalue weighted by Gasteiger charge is -2.27. The van der Waals surface area contributed by atoms with Gasteiger partial charge in [0.15, 0.2) is 0 Å². The van der Waals surface area contributed by atoms with Crippen molar-refractivity contribution in [1.82, 2.24) is 9.88 Å². The Morgan fingerprint density at radius 2 is 1.92 bits per heavy atom. The van der Waals surface area contributed by atoms with E-state index in [0.29, 0.717) is 6.54 Å². The number of nitrogens with zero attached hydrogens (tertiary/aromatic N) is 1. The first-order valence-electron chi connectivity index (χ1n) is 8.84. The molecule has 2 aromatic carbocycles. The molecule has 4 heteroatoms. The topological polar surface area (TPSA) is 36.1 Å². The van der Waals surface area contributed by atoms with Crippen molar-refractivity contribution in [3.63, 3.8) is 0 Å². The lowest BCUT2D eigenvalue weighted by molar-refractivity contribution is -0.133. The van der Waals surface area contributed by atoms with Crippen LogP contribution in [0.5, 0.6) is 0 Å². The number of para-hydroxylation sites is 1. The van der Waals surface area contributed by atoms with Gasteiger partial charge < -0.3 is 9.88 Å². The van der Waals surface area contributed by atoms with Crippen molar-refractivity contribution in [3.05, 3.63) is 70.4 Å². The molecule has 1 fully saturated rings. The summed E-state index contributed by atoms with van der Waals surface area (Å²) in [5.41, 5.74) is 4.85. The number of aromatic amines is 1. The number of aromatic nitrogens is 1. The largest absolute Gasteiger partial charge is 0.358 e. The van der Waals surface area contributed by atoms with E-state index in [2.05, 4.69) is 23.2 Å². The molecule has 3 nitrogen and oxygen atoms in total. The second-order valence-electron chi connectivity index (χ2n) is 7.11. The molecule has 0 radical (unpaired) electrons. The van der Waals surface area contributed by atoms with Crippen LogP contribution < -0.4 is 0 Å². The van der Waals surface area contributed by atoms with Gasteiger partial charge in [0.25, 0.3) is 0 Å². The molecule has 3 aromatic rings. The second kappa shape index (κ2) is 5.63. The molecule has 1 aromatic heterocycles. The van der Waals surface area contributed by atoms with Gasteiger partial charge in [-0.2, -0.15) is 0 Å². The molecule has 25 heavy (non-hydrogen) atoms. The number of halogens is 1. The maximum atomic E-state index is 13.0. The zero-order valence-electron chi connectivity index (χ0n) is 13.8. The Morgan fingerprint density at radius 1 is 1.12 bits per heavy atom. The highest BCUT2D eigenvalue weighted by atomic mass is 35.5. The fourth-order valence-corrected chi connectivity index (χ4v) is 4.45. The molecule has 1 aliphatic heterocycles. The van der Waals surface area contributed by atoms with Gasteiger partial charge in [-0.25, -0.2) is 0 Å². The molecule has 2 atom stereocenters. The van der Waals surface area contributed by atoms with E-state index < -0.39 is 0 Å². The molecule has 0 bridgehead atoms. The molecule has 1 amide bonds. The van der Waals surface area contributed by atoms with Crippen LogP contribution in [0.2, 0.25) is 5.02 Å². The van der Waals surface area contributed by atoms with Gasteiger partial charge in [-0.3, -0.25) is 4.79 Å². The number of hydrogen-bond acceptors (Lipinski definition) is 1. The summed E-state index contributed by atoms with van der Waals surface area (Å²) >= 11 is 6.30. The number of hydrogen-bond donors (Lipinski definition) is 1. The van der Waals surface area contributed by atoms with Crippen molar-refractivity contribution in [2.45, 2.75) is 25.3 Å². The van der Waals surface area contributed by atoms with Crippen LogP contribution >= 0.6 is 11.6 Å². The Balaban J connectivity index is 1.37. The molecule has 1 saturated carbocycles. The Kier molecular flexibility index (Phi) is 3.39. The van der Waals surface area contributed by atoms with Crippen LogP contribution in [0.3, 0.4) is 0 Å². The monoisotopic (exact) mass is 350 g/mol. The number of carbonyl (C=O) groups excluding carboxylic acids is 1. The third-order valence-corrected chi connectivity index (χ3v) is 5.95. The number of nitrogens with one attached hydrogen (secondary N) is 1. The lowest BCUT2D eigenvalue weighted by Crippen LogP contribution is -2.37. The van der Waals surface area contributed by atoms with Crippen LogP contribution in [0.25, 0.3) is 10.9 Å². The van der Waals surface area contributed by atoms with Gasteiger partial charge in [-0.15, -0.1) is 0 Å². The zero-order valence-corrected chi connectivity index (χ0v) is 14.6. The van der Waals surface area contributed by atoms with Gasteiger partial charge in [0.1, 0.15) is 0 Å². The number of carbonyl (C=O) groups is 1.